The Morgan fingerprint density at radius 1 is 1.10 bits per heavy atom. The predicted octanol–water partition coefficient (Wildman–Crippen LogP) is 2.75. The van der Waals surface area contributed by atoms with Gasteiger partial charge in [-0.3, -0.25) is 9.59 Å². The average Bonchev–Trinajstić information content (AvgIpc) is 2.43. The molecule has 0 aromatic heterocycles. The number of benzene rings is 2. The van der Waals surface area contributed by atoms with Crippen molar-refractivity contribution in [2.24, 2.45) is 0 Å². The molecular weight excluding hydrogens is 268 g/mol. The summed E-state index contributed by atoms with van der Waals surface area (Å²) in [5.74, 6) is -0.192. The Morgan fingerprint density at radius 3 is 2.38 bits per heavy atom. The molecule has 2 aromatic carbocycles. The molecule has 0 atom stereocenters. The molecule has 0 radical (unpaired) electrons. The standard InChI is InChI=1S/C16H16N2O3/c1-10-3-4-12(17)9-15(10)16(20)18-13-5-7-14(8-6-13)21-11(2)19/h3-9H,17H2,1-2H3,(H,18,20). The molecule has 21 heavy (non-hydrogen) atoms. The molecule has 5 nitrogen and oxygen atoms in total. The first-order valence-corrected chi connectivity index (χ1v) is 6.41. The number of nitrogen functional groups attached to an aromatic ring is 1. The van der Waals surface area contributed by atoms with Gasteiger partial charge in [0, 0.05) is 23.9 Å². The first-order valence-electron chi connectivity index (χ1n) is 6.41. The first kappa shape index (κ1) is 14.6. The summed E-state index contributed by atoms with van der Waals surface area (Å²) < 4.78 is 4.93. The number of nitrogens with one attached hydrogen (secondary N) is 1. The summed E-state index contributed by atoms with van der Waals surface area (Å²) in [6.07, 6.45) is 0. The molecule has 0 unspecified atom stereocenters. The summed E-state index contributed by atoms with van der Waals surface area (Å²) in [4.78, 5) is 23.0. The predicted molar refractivity (Wildman–Crippen MR) is 81.3 cm³/mol. The van der Waals surface area contributed by atoms with E-state index < -0.39 is 0 Å². The van der Waals surface area contributed by atoms with Gasteiger partial charge in [-0.2, -0.15) is 0 Å². The van der Waals surface area contributed by atoms with Crippen LogP contribution in [0.3, 0.4) is 0 Å². The number of rotatable bonds is 3. The van der Waals surface area contributed by atoms with Crippen molar-refractivity contribution in [2.45, 2.75) is 13.8 Å². The molecule has 0 saturated carbocycles. The Morgan fingerprint density at radius 2 is 1.76 bits per heavy atom. The van der Waals surface area contributed by atoms with Crippen LogP contribution < -0.4 is 15.8 Å². The van der Waals surface area contributed by atoms with Gasteiger partial charge in [0.25, 0.3) is 5.91 Å². The largest absolute Gasteiger partial charge is 0.427 e. The van der Waals surface area contributed by atoms with Crippen molar-refractivity contribution in [3.63, 3.8) is 0 Å². The lowest BCUT2D eigenvalue weighted by Crippen LogP contribution is -2.13. The van der Waals surface area contributed by atoms with E-state index in [2.05, 4.69) is 5.32 Å². The minimum atomic E-state index is -0.387. The van der Waals surface area contributed by atoms with E-state index >= 15 is 0 Å². The van der Waals surface area contributed by atoms with Gasteiger partial charge in [0.1, 0.15) is 5.75 Å². The van der Waals surface area contributed by atoms with Gasteiger partial charge in [0.05, 0.1) is 0 Å². The van der Waals surface area contributed by atoms with Crippen LogP contribution in [0.25, 0.3) is 0 Å². The Hall–Kier alpha value is -2.82. The number of aryl methyl sites for hydroxylation is 1. The van der Waals surface area contributed by atoms with Crippen molar-refractivity contribution in [3.05, 3.63) is 53.6 Å². The van der Waals surface area contributed by atoms with Gasteiger partial charge in [-0.25, -0.2) is 0 Å². The molecule has 0 aliphatic carbocycles. The lowest BCUT2D eigenvalue weighted by Gasteiger charge is -2.09. The summed E-state index contributed by atoms with van der Waals surface area (Å²) in [6, 6.07) is 11.7. The molecule has 3 N–H and O–H groups in total. The van der Waals surface area contributed by atoms with Gasteiger partial charge < -0.3 is 15.8 Å². The second-order valence-electron chi connectivity index (χ2n) is 4.65. The van der Waals surface area contributed by atoms with Crippen LogP contribution in [0.4, 0.5) is 11.4 Å². The van der Waals surface area contributed by atoms with E-state index in [9.17, 15) is 9.59 Å². The fourth-order valence-electron chi connectivity index (χ4n) is 1.85. The molecule has 0 aliphatic heterocycles. The third-order valence-electron chi connectivity index (χ3n) is 2.88. The molecule has 2 rings (SSSR count). The van der Waals surface area contributed by atoms with Gasteiger partial charge in [-0.15, -0.1) is 0 Å². The van der Waals surface area contributed by atoms with Crippen molar-refractivity contribution in [2.75, 3.05) is 11.1 Å². The summed E-state index contributed by atoms with van der Waals surface area (Å²) in [5.41, 5.74) is 8.22. The van der Waals surface area contributed by atoms with Crippen LogP contribution in [-0.2, 0) is 4.79 Å². The first-order chi connectivity index (χ1) is 9.95. The fourth-order valence-corrected chi connectivity index (χ4v) is 1.85. The molecule has 0 saturated heterocycles. The zero-order chi connectivity index (χ0) is 15.4. The van der Waals surface area contributed by atoms with Crippen molar-refractivity contribution < 1.29 is 14.3 Å². The number of hydrogen-bond acceptors (Lipinski definition) is 4. The highest BCUT2D eigenvalue weighted by atomic mass is 16.5. The molecule has 0 spiro atoms. The lowest BCUT2D eigenvalue weighted by atomic mass is 10.1. The number of ether oxygens (including phenoxy) is 1. The van der Waals surface area contributed by atoms with E-state index in [0.717, 1.165) is 5.56 Å². The number of carbonyl (C=O) groups is 2. The minimum Gasteiger partial charge on any atom is -0.427 e. The minimum absolute atomic E-state index is 0.236. The quantitative estimate of drug-likeness (QED) is 0.516. The van der Waals surface area contributed by atoms with Crippen molar-refractivity contribution in [1.82, 2.24) is 0 Å². The fraction of sp³-hybridized carbons (Fsp3) is 0.125. The molecular formula is C16H16N2O3. The van der Waals surface area contributed by atoms with Crippen molar-refractivity contribution >= 4 is 23.3 Å². The number of hydrogen-bond donors (Lipinski definition) is 2. The number of anilines is 2. The number of amides is 1. The Kier molecular flexibility index (Phi) is 4.23. The van der Waals surface area contributed by atoms with Crippen molar-refractivity contribution in [1.29, 1.82) is 0 Å². The molecule has 0 fully saturated rings. The highest BCUT2D eigenvalue weighted by molar-refractivity contribution is 6.05. The molecule has 0 aliphatic rings. The Balaban J connectivity index is 2.12. The summed E-state index contributed by atoms with van der Waals surface area (Å²) in [6.45, 7) is 3.18. The Labute approximate surface area is 122 Å². The van der Waals surface area contributed by atoms with E-state index in [1.807, 2.05) is 6.92 Å². The van der Waals surface area contributed by atoms with Gasteiger partial charge in [0.2, 0.25) is 0 Å². The van der Waals surface area contributed by atoms with E-state index in [-0.39, 0.29) is 11.9 Å². The molecule has 0 bridgehead atoms. The topological polar surface area (TPSA) is 81.4 Å². The molecule has 0 heterocycles. The van der Waals surface area contributed by atoms with Gasteiger partial charge in [-0.05, 0) is 48.9 Å². The normalized spacial score (nSPS) is 10.0. The van der Waals surface area contributed by atoms with E-state index in [1.165, 1.54) is 6.92 Å². The highest BCUT2D eigenvalue weighted by Crippen LogP contribution is 2.18. The van der Waals surface area contributed by atoms with Crippen LogP contribution in [0.2, 0.25) is 0 Å². The monoisotopic (exact) mass is 284 g/mol. The highest BCUT2D eigenvalue weighted by Gasteiger charge is 2.10. The Bertz CT molecular complexity index is 678. The smallest absolute Gasteiger partial charge is 0.308 e. The van der Waals surface area contributed by atoms with Crippen LogP contribution in [0.15, 0.2) is 42.5 Å². The third-order valence-corrected chi connectivity index (χ3v) is 2.88. The van der Waals surface area contributed by atoms with Crippen LogP contribution in [0, 0.1) is 6.92 Å². The zero-order valence-corrected chi connectivity index (χ0v) is 11.8. The van der Waals surface area contributed by atoms with E-state index in [1.54, 1.807) is 42.5 Å². The van der Waals surface area contributed by atoms with Crippen LogP contribution in [-0.4, -0.2) is 11.9 Å². The van der Waals surface area contributed by atoms with Crippen LogP contribution >= 0.6 is 0 Å². The lowest BCUT2D eigenvalue weighted by molar-refractivity contribution is -0.131. The maximum Gasteiger partial charge on any atom is 0.308 e. The second-order valence-corrected chi connectivity index (χ2v) is 4.65. The maximum absolute atomic E-state index is 12.2. The molecule has 1 amide bonds. The summed E-state index contributed by atoms with van der Waals surface area (Å²) in [5, 5.41) is 2.77. The summed E-state index contributed by atoms with van der Waals surface area (Å²) >= 11 is 0. The third kappa shape index (κ3) is 3.82. The number of nitrogens with two attached hydrogens (primary N) is 1. The zero-order valence-electron chi connectivity index (χ0n) is 11.8. The number of esters is 1. The van der Waals surface area contributed by atoms with Gasteiger partial charge in [-0.1, -0.05) is 6.07 Å². The SMILES string of the molecule is CC(=O)Oc1ccc(NC(=O)c2cc(N)ccc2C)cc1. The molecule has 2 aromatic rings. The van der Waals surface area contributed by atoms with E-state index in [0.29, 0.717) is 22.7 Å². The van der Waals surface area contributed by atoms with Gasteiger partial charge in [0.15, 0.2) is 0 Å². The van der Waals surface area contributed by atoms with Crippen LogP contribution in [0.1, 0.15) is 22.8 Å². The van der Waals surface area contributed by atoms with E-state index in [4.69, 9.17) is 10.5 Å². The van der Waals surface area contributed by atoms with Gasteiger partial charge >= 0.3 is 5.97 Å². The molecule has 108 valence electrons. The average molecular weight is 284 g/mol. The van der Waals surface area contributed by atoms with Crippen LogP contribution in [0.5, 0.6) is 5.75 Å². The second kappa shape index (κ2) is 6.09. The number of carbonyl (C=O) groups excluding carboxylic acids is 2. The molecule has 5 heteroatoms. The summed E-state index contributed by atoms with van der Waals surface area (Å²) in [7, 11) is 0. The van der Waals surface area contributed by atoms with Crippen molar-refractivity contribution in [3.8, 4) is 5.75 Å². The maximum atomic E-state index is 12.2.